The standard InChI is InChI=1S/C20H30N6O/c1-3-4-6-9-22-19(27)14-17-8-5-7-11-26(17)18-13-16(2)23-20(24-18)25-12-10-21-15-25/h10,12-13,15,17H,3-9,11,14H2,1-2H3,(H,22,27). The molecule has 146 valence electrons. The number of hydrogen-bond acceptors (Lipinski definition) is 5. The average molecular weight is 371 g/mol. The van der Waals surface area contributed by atoms with Crippen LogP contribution in [0.25, 0.3) is 5.95 Å². The largest absolute Gasteiger partial charge is 0.356 e. The zero-order valence-corrected chi connectivity index (χ0v) is 16.4. The lowest BCUT2D eigenvalue weighted by Crippen LogP contribution is -2.43. The summed E-state index contributed by atoms with van der Waals surface area (Å²) >= 11 is 0. The molecule has 7 heteroatoms. The zero-order chi connectivity index (χ0) is 19.1. The van der Waals surface area contributed by atoms with Gasteiger partial charge in [-0.15, -0.1) is 0 Å². The van der Waals surface area contributed by atoms with E-state index in [1.165, 1.54) is 6.42 Å². The van der Waals surface area contributed by atoms with Crippen molar-refractivity contribution in [2.75, 3.05) is 18.0 Å². The van der Waals surface area contributed by atoms with Gasteiger partial charge in [0, 0.05) is 49.7 Å². The number of hydrogen-bond donors (Lipinski definition) is 1. The summed E-state index contributed by atoms with van der Waals surface area (Å²) in [5.74, 6) is 1.66. The molecule has 1 aliphatic heterocycles. The van der Waals surface area contributed by atoms with Gasteiger partial charge in [-0.1, -0.05) is 19.8 Å². The molecule has 3 rings (SSSR count). The molecule has 0 radical (unpaired) electrons. The molecule has 1 saturated heterocycles. The second kappa shape index (κ2) is 9.48. The molecule has 1 atom stereocenters. The zero-order valence-electron chi connectivity index (χ0n) is 16.4. The number of amides is 1. The lowest BCUT2D eigenvalue weighted by atomic mass is 9.99. The van der Waals surface area contributed by atoms with Gasteiger partial charge >= 0.3 is 0 Å². The molecule has 1 aliphatic rings. The monoisotopic (exact) mass is 370 g/mol. The SMILES string of the molecule is CCCCCNC(=O)CC1CCCCN1c1cc(C)nc(-n2ccnc2)n1. The Kier molecular flexibility index (Phi) is 6.79. The van der Waals surface area contributed by atoms with Gasteiger partial charge in [0.1, 0.15) is 12.1 Å². The average Bonchev–Trinajstić information content (AvgIpc) is 3.20. The van der Waals surface area contributed by atoms with Gasteiger partial charge in [-0.25, -0.2) is 9.97 Å². The van der Waals surface area contributed by atoms with Crippen LogP contribution in [0.4, 0.5) is 5.82 Å². The second-order valence-electron chi connectivity index (χ2n) is 7.24. The molecule has 1 fully saturated rings. The number of imidazole rings is 1. The van der Waals surface area contributed by atoms with E-state index in [1.54, 1.807) is 12.5 Å². The van der Waals surface area contributed by atoms with Gasteiger partial charge in [0.05, 0.1) is 0 Å². The van der Waals surface area contributed by atoms with Crippen LogP contribution in [0.2, 0.25) is 0 Å². The topological polar surface area (TPSA) is 75.9 Å². The Hall–Kier alpha value is -2.44. The van der Waals surface area contributed by atoms with Crippen molar-refractivity contribution < 1.29 is 4.79 Å². The van der Waals surface area contributed by atoms with E-state index in [9.17, 15) is 4.79 Å². The Morgan fingerprint density at radius 2 is 2.19 bits per heavy atom. The molecule has 1 unspecified atom stereocenters. The van der Waals surface area contributed by atoms with Crippen molar-refractivity contribution in [2.45, 2.75) is 64.8 Å². The molecule has 3 heterocycles. The van der Waals surface area contributed by atoms with Gasteiger partial charge < -0.3 is 10.2 Å². The fraction of sp³-hybridized carbons (Fsp3) is 0.600. The van der Waals surface area contributed by atoms with Crippen molar-refractivity contribution in [3.8, 4) is 5.95 Å². The quantitative estimate of drug-likeness (QED) is 0.723. The highest BCUT2D eigenvalue weighted by molar-refractivity contribution is 5.77. The van der Waals surface area contributed by atoms with Gasteiger partial charge in [-0.2, -0.15) is 4.98 Å². The first-order valence-corrected chi connectivity index (χ1v) is 10.0. The Labute approximate surface area is 161 Å². The van der Waals surface area contributed by atoms with Crippen LogP contribution in [0.5, 0.6) is 0 Å². The van der Waals surface area contributed by atoms with Crippen LogP contribution in [0.1, 0.15) is 57.6 Å². The molecule has 2 aromatic rings. The number of unbranched alkanes of at least 4 members (excludes halogenated alkanes) is 2. The summed E-state index contributed by atoms with van der Waals surface area (Å²) < 4.78 is 1.82. The maximum Gasteiger partial charge on any atom is 0.237 e. The van der Waals surface area contributed by atoms with Gasteiger partial charge in [0.15, 0.2) is 0 Å². The van der Waals surface area contributed by atoms with Crippen LogP contribution in [0, 0.1) is 6.92 Å². The van der Waals surface area contributed by atoms with E-state index in [2.05, 4.69) is 27.1 Å². The first-order valence-electron chi connectivity index (χ1n) is 10.0. The molecular formula is C20H30N6O. The number of aryl methyl sites for hydroxylation is 1. The van der Waals surface area contributed by atoms with Crippen molar-refractivity contribution in [1.29, 1.82) is 0 Å². The minimum atomic E-state index is 0.142. The summed E-state index contributed by atoms with van der Waals surface area (Å²) in [6.45, 7) is 5.85. The minimum absolute atomic E-state index is 0.142. The van der Waals surface area contributed by atoms with E-state index < -0.39 is 0 Å². The molecule has 1 amide bonds. The normalized spacial score (nSPS) is 17.1. The molecule has 0 saturated carbocycles. The molecule has 27 heavy (non-hydrogen) atoms. The number of carbonyl (C=O) groups excluding carboxylic acids is 1. The van der Waals surface area contributed by atoms with Crippen molar-refractivity contribution in [3.05, 3.63) is 30.5 Å². The number of piperidine rings is 1. The first kappa shape index (κ1) is 19.3. The van der Waals surface area contributed by atoms with Crippen LogP contribution < -0.4 is 10.2 Å². The number of nitrogens with one attached hydrogen (secondary N) is 1. The van der Waals surface area contributed by atoms with Gasteiger partial charge in [-0.05, 0) is 32.6 Å². The summed E-state index contributed by atoms with van der Waals surface area (Å²) in [5.41, 5.74) is 0.914. The predicted octanol–water partition coefficient (Wildman–Crippen LogP) is 3.03. The fourth-order valence-corrected chi connectivity index (χ4v) is 3.58. The Balaban J connectivity index is 1.71. The number of anilines is 1. The molecular weight excluding hydrogens is 340 g/mol. The van der Waals surface area contributed by atoms with Crippen LogP contribution in [0.3, 0.4) is 0 Å². The summed E-state index contributed by atoms with van der Waals surface area (Å²) in [6.07, 6.45) is 12.5. The van der Waals surface area contributed by atoms with E-state index in [0.717, 1.165) is 56.7 Å². The minimum Gasteiger partial charge on any atom is -0.356 e. The van der Waals surface area contributed by atoms with Crippen LogP contribution in [-0.2, 0) is 4.79 Å². The molecule has 0 aliphatic carbocycles. The highest BCUT2D eigenvalue weighted by Crippen LogP contribution is 2.26. The third-order valence-electron chi connectivity index (χ3n) is 5.01. The fourth-order valence-electron chi connectivity index (χ4n) is 3.58. The Morgan fingerprint density at radius 3 is 2.96 bits per heavy atom. The summed E-state index contributed by atoms with van der Waals surface area (Å²) in [7, 11) is 0. The van der Waals surface area contributed by atoms with Crippen LogP contribution >= 0.6 is 0 Å². The van der Waals surface area contributed by atoms with Gasteiger partial charge in [0.25, 0.3) is 0 Å². The summed E-state index contributed by atoms with van der Waals surface area (Å²) in [5, 5.41) is 3.07. The Morgan fingerprint density at radius 1 is 1.30 bits per heavy atom. The number of nitrogens with zero attached hydrogens (tertiary/aromatic N) is 5. The smallest absolute Gasteiger partial charge is 0.237 e. The van der Waals surface area contributed by atoms with Crippen molar-refractivity contribution in [3.63, 3.8) is 0 Å². The summed E-state index contributed by atoms with van der Waals surface area (Å²) in [6, 6.07) is 2.20. The number of carbonyl (C=O) groups is 1. The van der Waals surface area contributed by atoms with Crippen molar-refractivity contribution in [1.82, 2.24) is 24.8 Å². The highest BCUT2D eigenvalue weighted by atomic mass is 16.1. The summed E-state index contributed by atoms with van der Waals surface area (Å²) in [4.78, 5) is 28.0. The maximum atomic E-state index is 12.4. The molecule has 7 nitrogen and oxygen atoms in total. The van der Waals surface area contributed by atoms with E-state index in [0.29, 0.717) is 12.4 Å². The van der Waals surface area contributed by atoms with E-state index in [-0.39, 0.29) is 11.9 Å². The molecule has 0 aromatic carbocycles. The lowest BCUT2D eigenvalue weighted by Gasteiger charge is -2.36. The van der Waals surface area contributed by atoms with Gasteiger partial charge in [-0.3, -0.25) is 9.36 Å². The van der Waals surface area contributed by atoms with Crippen molar-refractivity contribution >= 4 is 11.7 Å². The molecule has 0 bridgehead atoms. The van der Waals surface area contributed by atoms with Gasteiger partial charge in [0.2, 0.25) is 11.9 Å². The van der Waals surface area contributed by atoms with Crippen LogP contribution in [-0.4, -0.2) is 44.6 Å². The molecule has 1 N–H and O–H groups in total. The first-order chi connectivity index (χ1) is 13.2. The highest BCUT2D eigenvalue weighted by Gasteiger charge is 2.26. The Bertz CT molecular complexity index is 730. The predicted molar refractivity (Wildman–Crippen MR) is 106 cm³/mol. The third kappa shape index (κ3) is 5.28. The molecule has 0 spiro atoms. The maximum absolute atomic E-state index is 12.4. The third-order valence-corrected chi connectivity index (χ3v) is 5.01. The van der Waals surface area contributed by atoms with E-state index >= 15 is 0 Å². The second-order valence-corrected chi connectivity index (χ2v) is 7.24. The van der Waals surface area contributed by atoms with E-state index in [1.807, 2.05) is 23.8 Å². The number of rotatable bonds is 8. The molecule has 2 aromatic heterocycles. The van der Waals surface area contributed by atoms with E-state index in [4.69, 9.17) is 4.98 Å². The van der Waals surface area contributed by atoms with Crippen molar-refractivity contribution in [2.24, 2.45) is 0 Å². The number of aromatic nitrogens is 4. The van der Waals surface area contributed by atoms with Crippen LogP contribution in [0.15, 0.2) is 24.8 Å². The lowest BCUT2D eigenvalue weighted by molar-refractivity contribution is -0.121.